The number of aromatic nitrogens is 4. The summed E-state index contributed by atoms with van der Waals surface area (Å²) in [6, 6.07) is 11.9. The number of ether oxygens (including phenoxy) is 1. The van der Waals surface area contributed by atoms with Gasteiger partial charge in [0.25, 0.3) is 5.56 Å². The van der Waals surface area contributed by atoms with Crippen LogP contribution in [-0.2, 0) is 21.0 Å². The molecule has 2 aromatic carbocycles. The van der Waals surface area contributed by atoms with Gasteiger partial charge in [-0.25, -0.2) is 13.4 Å². The van der Waals surface area contributed by atoms with Crippen LogP contribution in [0.1, 0.15) is 24.8 Å². The highest BCUT2D eigenvalue weighted by Gasteiger charge is 2.21. The van der Waals surface area contributed by atoms with Crippen LogP contribution in [0, 0.1) is 5.92 Å². The van der Waals surface area contributed by atoms with Crippen molar-refractivity contribution in [2.75, 3.05) is 19.5 Å². The molecule has 2 N–H and O–H groups in total. The second-order valence-corrected chi connectivity index (χ2v) is 11.2. The molecule has 0 unspecified atom stereocenters. The van der Waals surface area contributed by atoms with E-state index in [9.17, 15) is 13.2 Å². The number of hydrogen-bond acceptors (Lipinski definition) is 5. The van der Waals surface area contributed by atoms with Crippen LogP contribution in [0.15, 0.2) is 52.2 Å². The molecule has 178 valence electrons. The van der Waals surface area contributed by atoms with Crippen molar-refractivity contribution in [1.29, 1.82) is 0 Å². The second-order valence-electron chi connectivity index (χ2n) is 8.72. The van der Waals surface area contributed by atoms with Gasteiger partial charge in [0.2, 0.25) is 5.95 Å². The minimum atomic E-state index is -3.32. The largest absolute Gasteiger partial charge is 0.381 e. The van der Waals surface area contributed by atoms with E-state index in [1.54, 1.807) is 42.5 Å². The first kappa shape index (κ1) is 22.9. The third-order valence-corrected chi connectivity index (χ3v) is 7.71. The van der Waals surface area contributed by atoms with Crippen LogP contribution < -0.4 is 5.56 Å². The van der Waals surface area contributed by atoms with Crippen LogP contribution in [0.2, 0.25) is 5.02 Å². The molecule has 8 nitrogen and oxygen atoms in total. The Balaban J connectivity index is 1.57. The molecule has 1 saturated heterocycles. The van der Waals surface area contributed by atoms with Gasteiger partial charge in [-0.05, 0) is 67.5 Å². The number of hydrogen-bond donors (Lipinski definition) is 2. The number of nitrogens with zero attached hydrogens (tertiary/aromatic N) is 2. The Morgan fingerprint density at radius 1 is 1.15 bits per heavy atom. The lowest BCUT2D eigenvalue weighted by molar-refractivity contribution is 0.0640. The van der Waals surface area contributed by atoms with Gasteiger partial charge in [0.15, 0.2) is 9.84 Å². The lowest BCUT2D eigenvalue weighted by Gasteiger charge is -2.21. The summed E-state index contributed by atoms with van der Waals surface area (Å²) in [7, 11) is -3.32. The third-order valence-electron chi connectivity index (χ3n) is 6.34. The molecule has 0 radical (unpaired) electrons. The van der Waals surface area contributed by atoms with E-state index in [1.165, 1.54) is 10.9 Å². The summed E-state index contributed by atoms with van der Waals surface area (Å²) >= 11 is 6.10. The molecular weight excluding hydrogens is 476 g/mol. The zero-order valence-corrected chi connectivity index (χ0v) is 20.2. The fraction of sp³-hybridized carbons (Fsp3) is 0.333. The van der Waals surface area contributed by atoms with Crippen molar-refractivity contribution < 1.29 is 13.2 Å². The molecule has 0 spiro atoms. The Labute approximate surface area is 201 Å². The average Bonchev–Trinajstić information content (AvgIpc) is 3.38. The number of benzene rings is 2. The Morgan fingerprint density at radius 3 is 2.59 bits per heavy atom. The van der Waals surface area contributed by atoms with E-state index in [-0.39, 0.29) is 10.5 Å². The summed E-state index contributed by atoms with van der Waals surface area (Å²) in [5.41, 5.74) is 3.30. The molecule has 0 atom stereocenters. The molecule has 1 fully saturated rings. The standard InChI is InChI=1S/C24H25ClN4O4S/c1-34(31,32)18-6-3-16(4-7-18)22-19(8-2-15-10-12-33-13-11-15)23(30)29(28-22)24-26-20-9-5-17(25)14-21(20)27-24/h3-7,9,14-15,28H,2,8,10-13H2,1H3,(H,26,27). The zero-order valence-electron chi connectivity index (χ0n) is 18.7. The van der Waals surface area contributed by atoms with E-state index < -0.39 is 9.84 Å². The summed E-state index contributed by atoms with van der Waals surface area (Å²) in [6.45, 7) is 1.51. The number of sulfone groups is 1. The lowest BCUT2D eigenvalue weighted by Crippen LogP contribution is -2.20. The molecule has 0 bridgehead atoms. The normalized spacial score (nSPS) is 15.2. The molecule has 5 rings (SSSR count). The van der Waals surface area contributed by atoms with E-state index in [4.69, 9.17) is 16.3 Å². The van der Waals surface area contributed by atoms with Crippen LogP contribution in [-0.4, -0.2) is 47.6 Å². The molecule has 1 aliphatic rings. The number of rotatable bonds is 6. The van der Waals surface area contributed by atoms with E-state index in [0.717, 1.165) is 43.6 Å². The molecule has 0 aliphatic carbocycles. The molecule has 0 saturated carbocycles. The fourth-order valence-corrected chi connectivity index (χ4v) is 5.22. The second kappa shape index (κ2) is 9.05. The number of nitrogens with one attached hydrogen (secondary N) is 2. The quantitative estimate of drug-likeness (QED) is 0.413. The predicted octanol–water partition coefficient (Wildman–Crippen LogP) is 4.13. The summed E-state index contributed by atoms with van der Waals surface area (Å²) in [5, 5.41) is 3.78. The van der Waals surface area contributed by atoms with Crippen molar-refractivity contribution in [3.63, 3.8) is 0 Å². The highest BCUT2D eigenvalue weighted by molar-refractivity contribution is 7.90. The van der Waals surface area contributed by atoms with Crippen molar-refractivity contribution in [1.82, 2.24) is 19.7 Å². The molecule has 34 heavy (non-hydrogen) atoms. The predicted molar refractivity (Wildman–Crippen MR) is 131 cm³/mol. The minimum absolute atomic E-state index is 0.181. The Hall–Kier alpha value is -2.88. The number of aromatic amines is 2. The first-order valence-electron chi connectivity index (χ1n) is 11.2. The van der Waals surface area contributed by atoms with E-state index in [2.05, 4.69) is 15.1 Å². The maximum absolute atomic E-state index is 13.5. The third kappa shape index (κ3) is 4.55. The first-order valence-corrected chi connectivity index (χ1v) is 13.4. The molecule has 3 heterocycles. The van der Waals surface area contributed by atoms with Crippen LogP contribution in [0.25, 0.3) is 28.2 Å². The lowest BCUT2D eigenvalue weighted by atomic mass is 9.92. The fourth-order valence-electron chi connectivity index (χ4n) is 4.42. The van der Waals surface area contributed by atoms with E-state index in [1.807, 2.05) is 0 Å². The maximum atomic E-state index is 13.5. The topological polar surface area (TPSA) is 110 Å². The molecular formula is C24H25ClN4O4S. The molecule has 0 amide bonds. The van der Waals surface area contributed by atoms with Crippen molar-refractivity contribution in [2.45, 2.75) is 30.6 Å². The van der Waals surface area contributed by atoms with Gasteiger partial charge >= 0.3 is 0 Å². The summed E-state index contributed by atoms with van der Waals surface area (Å²) in [4.78, 5) is 21.5. The van der Waals surface area contributed by atoms with Crippen LogP contribution in [0.5, 0.6) is 0 Å². The summed E-state index contributed by atoms with van der Waals surface area (Å²) in [6.07, 6.45) is 4.62. The van der Waals surface area contributed by atoms with Gasteiger partial charge in [0.1, 0.15) is 0 Å². The monoisotopic (exact) mass is 500 g/mol. The number of H-pyrrole nitrogens is 2. The van der Waals surface area contributed by atoms with E-state index in [0.29, 0.717) is 40.1 Å². The molecule has 4 aromatic rings. The van der Waals surface area contributed by atoms with E-state index >= 15 is 0 Å². The van der Waals surface area contributed by atoms with Crippen LogP contribution in [0.3, 0.4) is 0 Å². The first-order chi connectivity index (χ1) is 16.3. The Bertz CT molecular complexity index is 1500. The van der Waals surface area contributed by atoms with Gasteiger partial charge in [-0.1, -0.05) is 23.7 Å². The van der Waals surface area contributed by atoms with Crippen LogP contribution >= 0.6 is 11.6 Å². The van der Waals surface area contributed by atoms with Gasteiger partial charge in [-0.15, -0.1) is 0 Å². The van der Waals surface area contributed by atoms with Crippen LogP contribution in [0.4, 0.5) is 0 Å². The van der Waals surface area contributed by atoms with Gasteiger partial charge in [-0.2, -0.15) is 4.68 Å². The van der Waals surface area contributed by atoms with Crippen molar-refractivity contribution in [2.24, 2.45) is 5.92 Å². The zero-order chi connectivity index (χ0) is 23.9. The highest BCUT2D eigenvalue weighted by Crippen LogP contribution is 2.27. The van der Waals surface area contributed by atoms with Crippen molar-refractivity contribution in [3.05, 3.63) is 63.4 Å². The molecule has 10 heteroatoms. The Kier molecular flexibility index (Phi) is 6.09. The Morgan fingerprint density at radius 2 is 1.88 bits per heavy atom. The smallest absolute Gasteiger partial charge is 0.277 e. The molecule has 2 aromatic heterocycles. The number of halogens is 1. The maximum Gasteiger partial charge on any atom is 0.277 e. The molecule has 1 aliphatic heterocycles. The SMILES string of the molecule is CS(=O)(=O)c1ccc(-c2[nH]n(-c3nc4ccc(Cl)cc4[nH]3)c(=O)c2CCC2CCOCC2)cc1. The summed E-state index contributed by atoms with van der Waals surface area (Å²) in [5.74, 6) is 0.874. The number of fused-ring (bicyclic) bond motifs is 1. The van der Waals surface area contributed by atoms with Gasteiger partial charge in [0.05, 0.1) is 21.6 Å². The minimum Gasteiger partial charge on any atom is -0.381 e. The highest BCUT2D eigenvalue weighted by atomic mass is 35.5. The van der Waals surface area contributed by atoms with Crippen molar-refractivity contribution >= 4 is 32.5 Å². The van der Waals surface area contributed by atoms with Crippen molar-refractivity contribution in [3.8, 4) is 17.2 Å². The summed E-state index contributed by atoms with van der Waals surface area (Å²) < 4.78 is 30.6. The van der Waals surface area contributed by atoms with Gasteiger partial charge in [0, 0.05) is 30.1 Å². The average molecular weight is 501 g/mol. The van der Waals surface area contributed by atoms with Gasteiger partial charge < -0.3 is 9.72 Å². The number of imidazole rings is 1. The van der Waals surface area contributed by atoms with Gasteiger partial charge in [-0.3, -0.25) is 9.89 Å².